The Hall–Kier alpha value is -2.34. The van der Waals surface area contributed by atoms with Gasteiger partial charge in [-0.05, 0) is 34.5 Å². The lowest BCUT2D eigenvalue weighted by molar-refractivity contribution is 0.737. The van der Waals surface area contributed by atoms with Crippen LogP contribution in [-0.2, 0) is 20.1 Å². The molecule has 2 N–H and O–H groups in total. The highest BCUT2D eigenvalue weighted by atomic mass is 32.1. The van der Waals surface area contributed by atoms with Gasteiger partial charge in [-0.1, -0.05) is 12.1 Å². The summed E-state index contributed by atoms with van der Waals surface area (Å²) in [5.74, 6) is 1.76. The molecule has 1 aromatic carbocycles. The van der Waals surface area contributed by atoms with Gasteiger partial charge < -0.3 is 15.2 Å². The van der Waals surface area contributed by atoms with Gasteiger partial charge in [0.25, 0.3) is 0 Å². The maximum Gasteiger partial charge on any atom is 0.191 e. The van der Waals surface area contributed by atoms with Gasteiger partial charge in [0.2, 0.25) is 0 Å². The molecule has 2 heterocycles. The fraction of sp³-hybridized carbons (Fsp3) is 0.250. The molecule has 0 saturated heterocycles. The summed E-state index contributed by atoms with van der Waals surface area (Å²) in [6.07, 6.45) is 0. The van der Waals surface area contributed by atoms with Crippen LogP contribution in [-0.4, -0.2) is 22.6 Å². The predicted octanol–water partition coefficient (Wildman–Crippen LogP) is 2.50. The molecule has 0 aliphatic carbocycles. The average Bonchev–Trinajstić information content (AvgIpc) is 3.17. The Bertz CT molecular complexity index is 773. The second kappa shape index (κ2) is 6.62. The van der Waals surface area contributed by atoms with Crippen LogP contribution in [0, 0.1) is 0 Å². The Kier molecular flexibility index (Phi) is 4.39. The number of aryl methyl sites for hydroxylation is 1. The van der Waals surface area contributed by atoms with E-state index in [0.29, 0.717) is 6.54 Å². The van der Waals surface area contributed by atoms with Crippen LogP contribution in [0.4, 0.5) is 0 Å². The molecule has 0 unspecified atom stereocenters. The van der Waals surface area contributed by atoms with E-state index in [1.807, 2.05) is 25.2 Å². The van der Waals surface area contributed by atoms with Crippen LogP contribution >= 0.6 is 11.3 Å². The molecule has 0 atom stereocenters. The topological polar surface area (TPSA) is 54.2 Å². The van der Waals surface area contributed by atoms with Crippen molar-refractivity contribution in [3.63, 3.8) is 0 Å². The van der Waals surface area contributed by atoms with Crippen molar-refractivity contribution in [1.29, 1.82) is 0 Å². The lowest BCUT2D eigenvalue weighted by atomic mass is 10.3. The van der Waals surface area contributed by atoms with E-state index < -0.39 is 0 Å². The minimum atomic E-state index is 0.633. The number of nitrogens with zero attached hydrogens (tertiary/aromatic N) is 3. The summed E-state index contributed by atoms with van der Waals surface area (Å²) in [5, 5.41) is 10.8. The Morgan fingerprint density at radius 1 is 1.23 bits per heavy atom. The molecule has 0 saturated carbocycles. The van der Waals surface area contributed by atoms with Gasteiger partial charge in [-0.25, -0.2) is 4.98 Å². The smallest absolute Gasteiger partial charge is 0.191 e. The number of imidazole rings is 1. The van der Waals surface area contributed by atoms with Crippen LogP contribution in [0.25, 0.3) is 11.0 Å². The zero-order valence-corrected chi connectivity index (χ0v) is 13.5. The largest absolute Gasteiger partial charge is 0.352 e. The molecule has 2 aromatic heterocycles. The number of thiophene rings is 1. The molecule has 0 radical (unpaired) electrons. The summed E-state index contributed by atoms with van der Waals surface area (Å²) in [5.41, 5.74) is 3.42. The van der Waals surface area contributed by atoms with Crippen molar-refractivity contribution in [2.24, 2.45) is 12.0 Å². The second-order valence-corrected chi connectivity index (χ2v) is 5.77. The number of aliphatic imine (C=N–C) groups is 1. The van der Waals surface area contributed by atoms with Gasteiger partial charge in [-0.2, -0.15) is 11.3 Å². The van der Waals surface area contributed by atoms with Crippen LogP contribution in [0.1, 0.15) is 11.4 Å². The minimum Gasteiger partial charge on any atom is -0.352 e. The van der Waals surface area contributed by atoms with Crippen LogP contribution in [0.5, 0.6) is 0 Å². The Morgan fingerprint density at radius 2 is 2.05 bits per heavy atom. The number of aromatic nitrogens is 2. The van der Waals surface area contributed by atoms with E-state index in [-0.39, 0.29) is 0 Å². The second-order valence-electron chi connectivity index (χ2n) is 4.99. The lowest BCUT2D eigenvalue weighted by Crippen LogP contribution is -2.36. The molecule has 0 spiro atoms. The maximum absolute atomic E-state index is 4.65. The number of nitrogens with one attached hydrogen (secondary N) is 2. The van der Waals surface area contributed by atoms with E-state index >= 15 is 0 Å². The Labute approximate surface area is 133 Å². The van der Waals surface area contributed by atoms with Crippen molar-refractivity contribution >= 4 is 28.3 Å². The Balaban J connectivity index is 1.63. The van der Waals surface area contributed by atoms with Gasteiger partial charge >= 0.3 is 0 Å². The van der Waals surface area contributed by atoms with Crippen molar-refractivity contribution < 1.29 is 0 Å². The molecular weight excluding hydrogens is 294 g/mol. The summed E-state index contributed by atoms with van der Waals surface area (Å²) >= 11 is 1.70. The van der Waals surface area contributed by atoms with Gasteiger partial charge in [-0.15, -0.1) is 0 Å². The summed E-state index contributed by atoms with van der Waals surface area (Å²) in [6, 6.07) is 10.3. The van der Waals surface area contributed by atoms with E-state index in [1.54, 1.807) is 18.4 Å². The number of hydrogen-bond acceptors (Lipinski definition) is 3. The van der Waals surface area contributed by atoms with E-state index in [4.69, 9.17) is 0 Å². The first-order valence-electron chi connectivity index (χ1n) is 7.14. The molecule has 0 aliphatic heterocycles. The van der Waals surface area contributed by atoms with Crippen molar-refractivity contribution in [2.75, 3.05) is 7.05 Å². The summed E-state index contributed by atoms with van der Waals surface area (Å²) in [4.78, 5) is 8.89. The zero-order chi connectivity index (χ0) is 15.4. The van der Waals surface area contributed by atoms with Crippen molar-refractivity contribution in [1.82, 2.24) is 20.2 Å². The zero-order valence-electron chi connectivity index (χ0n) is 12.7. The Morgan fingerprint density at radius 3 is 2.77 bits per heavy atom. The van der Waals surface area contributed by atoms with E-state index in [1.165, 1.54) is 5.56 Å². The van der Waals surface area contributed by atoms with E-state index in [2.05, 4.69) is 48.1 Å². The van der Waals surface area contributed by atoms with Crippen LogP contribution in [0.15, 0.2) is 46.1 Å². The number of rotatable bonds is 4. The van der Waals surface area contributed by atoms with Gasteiger partial charge in [0.15, 0.2) is 5.96 Å². The molecule has 6 heteroatoms. The average molecular weight is 313 g/mol. The third kappa shape index (κ3) is 3.12. The molecule has 3 rings (SSSR count). The molecule has 22 heavy (non-hydrogen) atoms. The molecule has 114 valence electrons. The molecule has 0 aliphatic rings. The minimum absolute atomic E-state index is 0.633. The SMILES string of the molecule is CN=C(NCc1ccsc1)NCc1nc2ccccc2n1C. The monoisotopic (exact) mass is 313 g/mol. The lowest BCUT2D eigenvalue weighted by Gasteiger charge is -2.11. The molecular formula is C16H19N5S. The molecule has 0 amide bonds. The first-order valence-corrected chi connectivity index (χ1v) is 8.08. The van der Waals surface area contributed by atoms with Crippen LogP contribution in [0.2, 0.25) is 0 Å². The highest BCUT2D eigenvalue weighted by Gasteiger charge is 2.07. The van der Waals surface area contributed by atoms with Crippen LogP contribution in [0.3, 0.4) is 0 Å². The first-order chi connectivity index (χ1) is 10.8. The number of para-hydroxylation sites is 2. The highest BCUT2D eigenvalue weighted by molar-refractivity contribution is 7.07. The van der Waals surface area contributed by atoms with E-state index in [9.17, 15) is 0 Å². The molecule has 0 bridgehead atoms. The fourth-order valence-electron chi connectivity index (χ4n) is 2.32. The predicted molar refractivity (Wildman–Crippen MR) is 92.1 cm³/mol. The molecule has 0 fully saturated rings. The summed E-state index contributed by atoms with van der Waals surface area (Å²) in [7, 11) is 3.81. The van der Waals surface area contributed by atoms with Crippen LogP contribution < -0.4 is 10.6 Å². The van der Waals surface area contributed by atoms with Gasteiger partial charge in [0, 0.05) is 20.6 Å². The number of benzene rings is 1. The third-order valence-electron chi connectivity index (χ3n) is 3.56. The quantitative estimate of drug-likeness (QED) is 0.575. The number of guanidine groups is 1. The normalized spacial score (nSPS) is 11.8. The van der Waals surface area contributed by atoms with Gasteiger partial charge in [0.05, 0.1) is 17.6 Å². The van der Waals surface area contributed by atoms with Crippen molar-refractivity contribution in [3.05, 3.63) is 52.5 Å². The number of fused-ring (bicyclic) bond motifs is 1. The third-order valence-corrected chi connectivity index (χ3v) is 4.29. The van der Waals surface area contributed by atoms with E-state index in [0.717, 1.165) is 29.4 Å². The first kappa shape index (κ1) is 14.6. The molecule has 3 aromatic rings. The number of hydrogen-bond donors (Lipinski definition) is 2. The molecule has 5 nitrogen and oxygen atoms in total. The van der Waals surface area contributed by atoms with Gasteiger partial charge in [0.1, 0.15) is 5.82 Å². The fourth-order valence-corrected chi connectivity index (χ4v) is 2.98. The van der Waals surface area contributed by atoms with Crippen molar-refractivity contribution in [2.45, 2.75) is 13.1 Å². The summed E-state index contributed by atoms with van der Waals surface area (Å²) in [6.45, 7) is 1.40. The summed E-state index contributed by atoms with van der Waals surface area (Å²) < 4.78 is 2.11. The highest BCUT2D eigenvalue weighted by Crippen LogP contribution is 2.13. The maximum atomic E-state index is 4.65. The van der Waals surface area contributed by atoms with Crippen molar-refractivity contribution in [3.8, 4) is 0 Å². The standard InChI is InChI=1S/C16H19N5S/c1-17-16(18-9-12-7-8-22-11-12)19-10-15-20-13-5-3-4-6-14(13)21(15)2/h3-8,11H,9-10H2,1-2H3,(H2,17,18,19). The van der Waals surface area contributed by atoms with Gasteiger partial charge in [-0.3, -0.25) is 4.99 Å².